The lowest BCUT2D eigenvalue weighted by molar-refractivity contribution is 0.688. The van der Waals surface area contributed by atoms with Gasteiger partial charge in [-0.15, -0.1) is 11.3 Å². The molecule has 0 unspecified atom stereocenters. The Morgan fingerprint density at radius 3 is 2.43 bits per heavy atom. The lowest BCUT2D eigenvalue weighted by Gasteiger charge is -2.01. The van der Waals surface area contributed by atoms with Gasteiger partial charge in [0.1, 0.15) is 5.01 Å². The Bertz CT molecular complexity index is 648. The maximum Gasteiger partial charge on any atom is 0.124 e. The average Bonchev–Trinajstić information content (AvgIpc) is 3.34. The molecule has 4 heteroatoms. The van der Waals surface area contributed by atoms with Gasteiger partial charge in [0.05, 0.1) is 5.69 Å². The molecular weight excluding hydrogens is 278 g/mol. The van der Waals surface area contributed by atoms with E-state index in [9.17, 15) is 0 Å². The number of pyridine rings is 1. The highest BCUT2D eigenvalue weighted by molar-refractivity contribution is 7.15. The molecule has 2 aliphatic carbocycles. The van der Waals surface area contributed by atoms with E-state index in [-0.39, 0.29) is 0 Å². The highest BCUT2D eigenvalue weighted by atomic mass is 32.1. The van der Waals surface area contributed by atoms with Crippen LogP contribution in [0, 0.1) is 13.8 Å². The molecule has 0 amide bonds. The van der Waals surface area contributed by atoms with Gasteiger partial charge in [-0.2, -0.15) is 0 Å². The summed E-state index contributed by atoms with van der Waals surface area (Å²) in [7, 11) is 0. The molecule has 110 valence electrons. The van der Waals surface area contributed by atoms with Gasteiger partial charge in [0.15, 0.2) is 0 Å². The third kappa shape index (κ3) is 3.01. The number of nitrogens with one attached hydrogen (secondary N) is 1. The minimum absolute atomic E-state index is 0.718. The van der Waals surface area contributed by atoms with Gasteiger partial charge in [0, 0.05) is 40.3 Å². The van der Waals surface area contributed by atoms with E-state index >= 15 is 0 Å². The zero-order valence-corrected chi connectivity index (χ0v) is 13.5. The topological polar surface area (TPSA) is 37.8 Å². The van der Waals surface area contributed by atoms with Crippen molar-refractivity contribution in [1.29, 1.82) is 0 Å². The van der Waals surface area contributed by atoms with Gasteiger partial charge in [0.25, 0.3) is 0 Å². The van der Waals surface area contributed by atoms with Crippen LogP contribution in [0.3, 0.4) is 0 Å². The molecule has 0 radical (unpaired) electrons. The summed E-state index contributed by atoms with van der Waals surface area (Å²) in [5, 5.41) is 4.81. The van der Waals surface area contributed by atoms with Crippen molar-refractivity contribution in [3.8, 4) is 10.6 Å². The van der Waals surface area contributed by atoms with Crippen molar-refractivity contribution in [2.24, 2.45) is 0 Å². The molecule has 2 aliphatic rings. The monoisotopic (exact) mass is 299 g/mol. The summed E-state index contributed by atoms with van der Waals surface area (Å²) in [6, 6.07) is 5.06. The van der Waals surface area contributed by atoms with Crippen molar-refractivity contribution in [2.75, 3.05) is 0 Å². The van der Waals surface area contributed by atoms with Crippen molar-refractivity contribution in [3.63, 3.8) is 0 Å². The number of thiazole rings is 1. The first-order chi connectivity index (χ1) is 10.2. The maximum absolute atomic E-state index is 4.97. The Labute approximate surface area is 129 Å². The summed E-state index contributed by atoms with van der Waals surface area (Å²) in [6.07, 6.45) is 5.31. The van der Waals surface area contributed by atoms with Gasteiger partial charge in [0.2, 0.25) is 0 Å². The SMILES string of the molecule is Cc1cc(-c2nc(C3CC3)c(CNC3CC3)s2)cc(C)n1. The molecule has 0 aromatic carbocycles. The lowest BCUT2D eigenvalue weighted by atomic mass is 10.2. The largest absolute Gasteiger partial charge is 0.309 e. The summed E-state index contributed by atoms with van der Waals surface area (Å²) in [5.74, 6) is 0.718. The van der Waals surface area contributed by atoms with Crippen LogP contribution in [0.1, 0.15) is 53.6 Å². The van der Waals surface area contributed by atoms with Crippen molar-refractivity contribution >= 4 is 11.3 Å². The molecule has 2 heterocycles. The van der Waals surface area contributed by atoms with Gasteiger partial charge < -0.3 is 5.32 Å². The summed E-state index contributed by atoms with van der Waals surface area (Å²) >= 11 is 1.87. The Balaban J connectivity index is 1.66. The van der Waals surface area contributed by atoms with Crippen LogP contribution in [0.25, 0.3) is 10.6 Å². The Hall–Kier alpha value is -1.26. The second-order valence-electron chi connectivity index (χ2n) is 6.40. The Kier molecular flexibility index (Phi) is 3.31. The highest BCUT2D eigenvalue weighted by Gasteiger charge is 2.30. The van der Waals surface area contributed by atoms with Crippen molar-refractivity contribution < 1.29 is 0 Å². The lowest BCUT2D eigenvalue weighted by Crippen LogP contribution is -2.15. The van der Waals surface area contributed by atoms with Gasteiger partial charge in [-0.3, -0.25) is 4.98 Å². The van der Waals surface area contributed by atoms with Crippen LogP contribution in [0.2, 0.25) is 0 Å². The smallest absolute Gasteiger partial charge is 0.124 e. The van der Waals surface area contributed by atoms with Crippen LogP contribution < -0.4 is 5.32 Å². The molecule has 0 aliphatic heterocycles. The van der Waals surface area contributed by atoms with Gasteiger partial charge in [-0.1, -0.05) is 0 Å². The fourth-order valence-corrected chi connectivity index (χ4v) is 3.86. The molecule has 3 nitrogen and oxygen atoms in total. The summed E-state index contributed by atoms with van der Waals surface area (Å²) in [6.45, 7) is 5.11. The second-order valence-corrected chi connectivity index (χ2v) is 7.48. The summed E-state index contributed by atoms with van der Waals surface area (Å²) in [4.78, 5) is 10.9. The maximum atomic E-state index is 4.97. The zero-order valence-electron chi connectivity index (χ0n) is 12.6. The predicted octanol–water partition coefficient (Wildman–Crippen LogP) is 3.95. The molecule has 2 aromatic rings. The first-order valence-electron chi connectivity index (χ1n) is 7.87. The fourth-order valence-electron chi connectivity index (χ4n) is 2.77. The van der Waals surface area contributed by atoms with E-state index in [1.54, 1.807) is 0 Å². The summed E-state index contributed by atoms with van der Waals surface area (Å²) in [5.41, 5.74) is 4.73. The normalized spacial score (nSPS) is 18.2. The average molecular weight is 299 g/mol. The first-order valence-corrected chi connectivity index (χ1v) is 8.69. The molecule has 2 aromatic heterocycles. The molecule has 0 atom stereocenters. The van der Waals surface area contributed by atoms with E-state index in [1.165, 1.54) is 41.8 Å². The highest BCUT2D eigenvalue weighted by Crippen LogP contribution is 2.44. The number of aryl methyl sites for hydroxylation is 2. The summed E-state index contributed by atoms with van der Waals surface area (Å²) < 4.78 is 0. The molecule has 0 spiro atoms. The van der Waals surface area contributed by atoms with E-state index in [0.29, 0.717) is 0 Å². The molecular formula is C17H21N3S. The third-order valence-corrected chi connectivity index (χ3v) is 5.27. The molecule has 4 rings (SSSR count). The standard InChI is InChI=1S/C17H21N3S/c1-10-7-13(8-11(2)19-10)17-20-16(12-3-4-12)15(21-17)9-18-14-5-6-14/h7-8,12,14,18H,3-6,9H2,1-2H3. The van der Waals surface area contributed by atoms with Gasteiger partial charge in [-0.05, 0) is 51.7 Å². The van der Waals surface area contributed by atoms with Crippen LogP contribution in [0.15, 0.2) is 12.1 Å². The van der Waals surface area contributed by atoms with E-state index < -0.39 is 0 Å². The van der Waals surface area contributed by atoms with Crippen molar-refractivity contribution in [3.05, 3.63) is 34.1 Å². The molecule has 2 fully saturated rings. The number of aromatic nitrogens is 2. The van der Waals surface area contributed by atoms with Crippen LogP contribution in [-0.2, 0) is 6.54 Å². The fraction of sp³-hybridized carbons (Fsp3) is 0.529. The van der Waals surface area contributed by atoms with Crippen molar-refractivity contribution in [1.82, 2.24) is 15.3 Å². The van der Waals surface area contributed by atoms with E-state index in [4.69, 9.17) is 4.98 Å². The molecule has 0 bridgehead atoms. The van der Waals surface area contributed by atoms with Gasteiger partial charge in [-0.25, -0.2) is 4.98 Å². The minimum atomic E-state index is 0.718. The quantitative estimate of drug-likeness (QED) is 0.908. The van der Waals surface area contributed by atoms with Gasteiger partial charge >= 0.3 is 0 Å². The van der Waals surface area contributed by atoms with E-state index in [1.807, 2.05) is 11.3 Å². The zero-order chi connectivity index (χ0) is 14.4. The van der Waals surface area contributed by atoms with Crippen LogP contribution in [-0.4, -0.2) is 16.0 Å². The van der Waals surface area contributed by atoms with E-state index in [0.717, 1.165) is 34.9 Å². The Morgan fingerprint density at radius 1 is 1.10 bits per heavy atom. The molecule has 1 N–H and O–H groups in total. The Morgan fingerprint density at radius 2 is 1.81 bits per heavy atom. The van der Waals surface area contributed by atoms with Crippen LogP contribution >= 0.6 is 11.3 Å². The molecule has 2 saturated carbocycles. The first kappa shape index (κ1) is 13.4. The minimum Gasteiger partial charge on any atom is -0.309 e. The second kappa shape index (κ2) is 5.18. The predicted molar refractivity (Wildman–Crippen MR) is 86.7 cm³/mol. The molecule has 0 saturated heterocycles. The van der Waals surface area contributed by atoms with Crippen LogP contribution in [0.5, 0.6) is 0 Å². The van der Waals surface area contributed by atoms with Crippen molar-refractivity contribution in [2.45, 2.75) is 58.0 Å². The molecule has 21 heavy (non-hydrogen) atoms. The number of rotatable bonds is 5. The number of hydrogen-bond acceptors (Lipinski definition) is 4. The van der Waals surface area contributed by atoms with E-state index in [2.05, 4.69) is 36.3 Å². The number of nitrogens with zero attached hydrogens (tertiary/aromatic N) is 2. The third-order valence-electron chi connectivity index (χ3n) is 4.15. The van der Waals surface area contributed by atoms with Crippen LogP contribution in [0.4, 0.5) is 0 Å². The number of hydrogen-bond donors (Lipinski definition) is 1.